The first-order valence-corrected chi connectivity index (χ1v) is 11.9. The predicted octanol–water partition coefficient (Wildman–Crippen LogP) is 4.66. The first kappa shape index (κ1) is 23.2. The number of nitrogens with zero attached hydrogens (tertiary/aromatic N) is 4. The van der Waals surface area contributed by atoms with E-state index in [0.29, 0.717) is 16.2 Å². The van der Waals surface area contributed by atoms with E-state index in [-0.39, 0.29) is 28.3 Å². The first-order chi connectivity index (χ1) is 16.6. The van der Waals surface area contributed by atoms with Gasteiger partial charge in [0.1, 0.15) is 5.82 Å². The van der Waals surface area contributed by atoms with Gasteiger partial charge in [0.05, 0.1) is 21.6 Å². The van der Waals surface area contributed by atoms with E-state index in [0.717, 1.165) is 30.6 Å². The molecule has 0 unspecified atom stereocenters. The fourth-order valence-electron chi connectivity index (χ4n) is 4.24. The van der Waals surface area contributed by atoms with Gasteiger partial charge in [0.25, 0.3) is 11.5 Å². The molecular weight excluding hydrogens is 481 g/mol. The molecule has 1 aliphatic heterocycles. The SMILES string of the molecule is Cc1nc2nc(C(F)(F)F)c([C@H](C)Nc3ccc4nc(C(=O)N5CCCC5)sc4c3)cc2c(=O)[nH]1. The van der Waals surface area contributed by atoms with Gasteiger partial charge < -0.3 is 15.2 Å². The van der Waals surface area contributed by atoms with Crippen molar-refractivity contribution in [3.8, 4) is 0 Å². The van der Waals surface area contributed by atoms with E-state index in [1.807, 2.05) is 0 Å². The van der Waals surface area contributed by atoms with Crippen LogP contribution in [0.25, 0.3) is 21.3 Å². The minimum atomic E-state index is -4.73. The van der Waals surface area contributed by atoms with Crippen molar-refractivity contribution in [1.82, 2.24) is 24.8 Å². The third-order valence-corrected chi connectivity index (χ3v) is 6.93. The molecule has 0 bridgehead atoms. The number of anilines is 1. The van der Waals surface area contributed by atoms with E-state index in [1.165, 1.54) is 24.3 Å². The summed E-state index contributed by atoms with van der Waals surface area (Å²) in [7, 11) is 0. The summed E-state index contributed by atoms with van der Waals surface area (Å²) in [4.78, 5) is 41.3. The number of aromatic amines is 1. The molecule has 4 heterocycles. The number of likely N-dealkylation sites (tertiary alicyclic amines) is 1. The molecule has 1 saturated heterocycles. The van der Waals surface area contributed by atoms with Crippen molar-refractivity contribution < 1.29 is 18.0 Å². The van der Waals surface area contributed by atoms with E-state index < -0.39 is 23.5 Å². The Morgan fingerprint density at radius 2 is 1.91 bits per heavy atom. The van der Waals surface area contributed by atoms with Gasteiger partial charge in [-0.1, -0.05) is 0 Å². The lowest BCUT2D eigenvalue weighted by Crippen LogP contribution is -2.27. The molecule has 0 spiro atoms. The lowest BCUT2D eigenvalue weighted by molar-refractivity contribution is -0.141. The zero-order valence-electron chi connectivity index (χ0n) is 18.9. The second kappa shape index (κ2) is 8.59. The maximum Gasteiger partial charge on any atom is 0.433 e. The van der Waals surface area contributed by atoms with Crippen molar-refractivity contribution in [2.45, 2.75) is 38.9 Å². The van der Waals surface area contributed by atoms with Crippen molar-refractivity contribution in [3.05, 3.63) is 56.7 Å². The van der Waals surface area contributed by atoms with Crippen LogP contribution in [0.5, 0.6) is 0 Å². The fourth-order valence-corrected chi connectivity index (χ4v) is 5.21. The molecule has 1 amide bonds. The van der Waals surface area contributed by atoms with Crippen molar-refractivity contribution in [1.29, 1.82) is 0 Å². The number of aryl methyl sites for hydroxylation is 1. The largest absolute Gasteiger partial charge is 0.433 e. The third-order valence-electron chi connectivity index (χ3n) is 5.93. The highest BCUT2D eigenvalue weighted by Crippen LogP contribution is 2.36. The Hall–Kier alpha value is -3.54. The van der Waals surface area contributed by atoms with Gasteiger partial charge in [0.15, 0.2) is 16.3 Å². The molecule has 1 aliphatic rings. The number of H-pyrrole nitrogens is 1. The number of carbonyl (C=O) groups is 1. The predicted molar refractivity (Wildman–Crippen MR) is 127 cm³/mol. The number of nitrogens with one attached hydrogen (secondary N) is 2. The molecule has 3 aromatic heterocycles. The maximum absolute atomic E-state index is 13.8. The molecule has 5 rings (SSSR count). The molecule has 4 aromatic rings. The van der Waals surface area contributed by atoms with E-state index in [1.54, 1.807) is 30.0 Å². The van der Waals surface area contributed by atoms with E-state index in [4.69, 9.17) is 0 Å². The Morgan fingerprint density at radius 1 is 1.17 bits per heavy atom. The lowest BCUT2D eigenvalue weighted by Gasteiger charge is -2.20. The molecule has 8 nitrogen and oxygen atoms in total. The van der Waals surface area contributed by atoms with E-state index >= 15 is 0 Å². The van der Waals surface area contributed by atoms with Gasteiger partial charge in [-0.05, 0) is 51.0 Å². The number of hydrogen-bond donors (Lipinski definition) is 2. The first-order valence-electron chi connectivity index (χ1n) is 11.1. The molecule has 1 fully saturated rings. The molecule has 1 atom stereocenters. The topological polar surface area (TPSA) is 104 Å². The van der Waals surface area contributed by atoms with Gasteiger partial charge in [-0.15, -0.1) is 11.3 Å². The number of hydrogen-bond acceptors (Lipinski definition) is 7. The number of amides is 1. The number of alkyl halides is 3. The summed E-state index contributed by atoms with van der Waals surface area (Å²) in [6.45, 7) is 4.48. The van der Waals surface area contributed by atoms with Crippen LogP contribution in [0.2, 0.25) is 0 Å². The Bertz CT molecular complexity index is 1510. The van der Waals surface area contributed by atoms with E-state index in [2.05, 4.69) is 25.3 Å². The highest BCUT2D eigenvalue weighted by atomic mass is 32.1. The molecule has 12 heteroatoms. The smallest absolute Gasteiger partial charge is 0.378 e. The number of aromatic nitrogens is 4. The molecular formula is C23H21F3N6O2S. The lowest BCUT2D eigenvalue weighted by atomic mass is 10.0. The number of halogens is 3. The highest BCUT2D eigenvalue weighted by molar-refractivity contribution is 7.20. The summed E-state index contributed by atoms with van der Waals surface area (Å²) in [5.41, 5.74) is -0.875. The quantitative estimate of drug-likeness (QED) is 0.421. The second-order valence-electron chi connectivity index (χ2n) is 8.51. The standard InChI is InChI=1S/C23H21F3N6O2S/c1-11(14-10-15-19(28-12(2)29-20(15)33)31-18(14)23(24,25)26)27-13-5-6-16-17(9-13)35-21(30-16)22(34)32-7-3-4-8-32/h5-6,9-11,27H,3-4,7-8H2,1-2H3,(H,28,29,31,33)/t11-/m0/s1. The monoisotopic (exact) mass is 502 g/mol. The average Bonchev–Trinajstić information content (AvgIpc) is 3.47. The Kier molecular flexibility index (Phi) is 5.70. The van der Waals surface area contributed by atoms with Gasteiger partial charge in [0, 0.05) is 24.3 Å². The van der Waals surface area contributed by atoms with Crippen molar-refractivity contribution in [2.75, 3.05) is 18.4 Å². The zero-order valence-corrected chi connectivity index (χ0v) is 19.7. The van der Waals surface area contributed by atoms with Crippen LogP contribution >= 0.6 is 11.3 Å². The van der Waals surface area contributed by atoms with Crippen molar-refractivity contribution >= 4 is 44.2 Å². The summed E-state index contributed by atoms with van der Waals surface area (Å²) < 4.78 is 42.3. The van der Waals surface area contributed by atoms with Gasteiger partial charge in [-0.2, -0.15) is 13.2 Å². The van der Waals surface area contributed by atoms with Crippen LogP contribution in [0.15, 0.2) is 29.1 Å². The van der Waals surface area contributed by atoms with Gasteiger partial charge in [-0.3, -0.25) is 9.59 Å². The molecule has 35 heavy (non-hydrogen) atoms. The average molecular weight is 503 g/mol. The van der Waals surface area contributed by atoms with Gasteiger partial charge in [-0.25, -0.2) is 15.0 Å². The number of carbonyl (C=O) groups excluding carboxylic acids is 1. The summed E-state index contributed by atoms with van der Waals surface area (Å²) in [6, 6.07) is 5.53. The van der Waals surface area contributed by atoms with Crippen LogP contribution < -0.4 is 10.9 Å². The minimum absolute atomic E-state index is 0.0183. The zero-order chi connectivity index (χ0) is 24.9. The van der Waals surface area contributed by atoms with Crippen LogP contribution in [0.4, 0.5) is 18.9 Å². The van der Waals surface area contributed by atoms with Crippen LogP contribution in [0.3, 0.4) is 0 Å². The van der Waals surface area contributed by atoms with E-state index in [9.17, 15) is 22.8 Å². The Labute approximate surface area is 201 Å². The van der Waals surface area contributed by atoms with Crippen LogP contribution in [0.1, 0.15) is 52.7 Å². The number of rotatable bonds is 4. The molecule has 0 saturated carbocycles. The molecule has 2 N–H and O–H groups in total. The number of pyridine rings is 1. The minimum Gasteiger partial charge on any atom is -0.378 e. The van der Waals surface area contributed by atoms with Crippen LogP contribution in [-0.2, 0) is 6.18 Å². The van der Waals surface area contributed by atoms with Crippen molar-refractivity contribution in [3.63, 3.8) is 0 Å². The summed E-state index contributed by atoms with van der Waals surface area (Å²) in [5, 5.41) is 3.44. The van der Waals surface area contributed by atoms with Gasteiger partial charge >= 0.3 is 6.18 Å². The number of fused-ring (bicyclic) bond motifs is 2. The normalized spacial score (nSPS) is 15.2. The highest BCUT2D eigenvalue weighted by Gasteiger charge is 2.37. The summed E-state index contributed by atoms with van der Waals surface area (Å²) in [5.74, 6) is 0.0835. The molecule has 0 aliphatic carbocycles. The second-order valence-corrected chi connectivity index (χ2v) is 9.54. The van der Waals surface area contributed by atoms with Crippen LogP contribution in [0, 0.1) is 6.92 Å². The molecule has 182 valence electrons. The Balaban J connectivity index is 1.48. The van der Waals surface area contributed by atoms with Crippen LogP contribution in [-0.4, -0.2) is 43.8 Å². The summed E-state index contributed by atoms with van der Waals surface area (Å²) in [6.07, 6.45) is -2.77. The maximum atomic E-state index is 13.8. The number of thiazole rings is 1. The fraction of sp³-hybridized carbons (Fsp3) is 0.348. The van der Waals surface area contributed by atoms with Gasteiger partial charge in [0.2, 0.25) is 0 Å². The Morgan fingerprint density at radius 3 is 2.63 bits per heavy atom. The third kappa shape index (κ3) is 4.45. The number of benzene rings is 1. The molecule has 0 radical (unpaired) electrons. The molecule has 1 aromatic carbocycles. The van der Waals surface area contributed by atoms with Crippen molar-refractivity contribution in [2.24, 2.45) is 0 Å². The summed E-state index contributed by atoms with van der Waals surface area (Å²) >= 11 is 1.25.